The van der Waals surface area contributed by atoms with E-state index in [9.17, 15) is 12.9 Å². The van der Waals surface area contributed by atoms with Crippen LogP contribution in [0, 0.1) is 0 Å². The molecule has 13 heavy (non-hydrogen) atoms. The van der Waals surface area contributed by atoms with Gasteiger partial charge in [0.25, 0.3) is 0 Å². The number of nitrogens with zero attached hydrogens (tertiary/aromatic N) is 1. The summed E-state index contributed by atoms with van der Waals surface area (Å²) in [5.41, 5.74) is 0.217. The molecule has 0 bridgehead atoms. The zero-order valence-electron chi connectivity index (χ0n) is 7.47. The van der Waals surface area contributed by atoms with Gasteiger partial charge < -0.3 is 17.8 Å². The molecule has 0 fully saturated rings. The lowest BCUT2D eigenvalue weighted by atomic mass is 9.80. The molecule has 0 aliphatic rings. The molecular formula is C8H10BF3N-. The van der Waals surface area contributed by atoms with Crippen LogP contribution in [-0.2, 0) is 0 Å². The summed E-state index contributed by atoms with van der Waals surface area (Å²) in [4.78, 5) is 1.76. The Hall–Kier alpha value is -1.13. The van der Waals surface area contributed by atoms with Crippen LogP contribution < -0.4 is 10.4 Å². The molecule has 0 radical (unpaired) electrons. The van der Waals surface area contributed by atoms with E-state index < -0.39 is 12.4 Å². The maximum Gasteiger partial charge on any atom is 0.509 e. The van der Waals surface area contributed by atoms with Crippen molar-refractivity contribution in [2.45, 2.75) is 0 Å². The lowest BCUT2D eigenvalue weighted by molar-refractivity contribution is 0.501. The van der Waals surface area contributed by atoms with Gasteiger partial charge in [0.2, 0.25) is 0 Å². The summed E-state index contributed by atoms with van der Waals surface area (Å²) in [6.45, 7) is -4.86. The molecule has 0 amide bonds. The lowest BCUT2D eigenvalue weighted by Gasteiger charge is -2.17. The predicted octanol–water partition coefficient (Wildman–Crippen LogP) is 1.81. The van der Waals surface area contributed by atoms with Crippen LogP contribution in [0.3, 0.4) is 0 Å². The predicted molar refractivity (Wildman–Crippen MR) is 49.5 cm³/mol. The first-order valence-electron chi connectivity index (χ1n) is 3.88. The number of rotatable bonds is 2. The second kappa shape index (κ2) is 3.32. The Bertz CT molecular complexity index is 278. The van der Waals surface area contributed by atoms with Crippen LogP contribution in [0.25, 0.3) is 0 Å². The topological polar surface area (TPSA) is 3.24 Å². The van der Waals surface area contributed by atoms with E-state index in [4.69, 9.17) is 0 Å². The standard InChI is InChI=1S/C8H10BF3N/c1-13(2)8-5-3-7(4-6-8)9(10,11)12/h3-6H,1-2H3/q-1. The highest BCUT2D eigenvalue weighted by molar-refractivity contribution is 6.73. The van der Waals surface area contributed by atoms with Gasteiger partial charge in [0.15, 0.2) is 0 Å². The molecule has 0 saturated carbocycles. The summed E-state index contributed by atoms with van der Waals surface area (Å²) in [5.74, 6) is 0. The van der Waals surface area contributed by atoms with Gasteiger partial charge in [-0.1, -0.05) is 12.1 Å². The quantitative estimate of drug-likeness (QED) is 0.639. The second-order valence-electron chi connectivity index (χ2n) is 3.06. The van der Waals surface area contributed by atoms with E-state index in [0.717, 1.165) is 17.8 Å². The maximum atomic E-state index is 12.2. The van der Waals surface area contributed by atoms with Gasteiger partial charge >= 0.3 is 6.98 Å². The van der Waals surface area contributed by atoms with E-state index in [0.29, 0.717) is 0 Å². The van der Waals surface area contributed by atoms with E-state index in [-0.39, 0.29) is 0 Å². The molecule has 0 spiro atoms. The summed E-state index contributed by atoms with van der Waals surface area (Å²) in [5, 5.41) is 0. The van der Waals surface area contributed by atoms with Gasteiger partial charge in [-0.2, -0.15) is 0 Å². The van der Waals surface area contributed by atoms with Crippen molar-refractivity contribution in [1.29, 1.82) is 0 Å². The average molecular weight is 188 g/mol. The molecule has 5 heteroatoms. The lowest BCUT2D eigenvalue weighted by Crippen LogP contribution is -2.33. The fraction of sp³-hybridized carbons (Fsp3) is 0.250. The van der Waals surface area contributed by atoms with E-state index in [1.165, 1.54) is 12.1 Å². The Morgan fingerprint density at radius 1 is 1.00 bits per heavy atom. The van der Waals surface area contributed by atoms with E-state index in [1.807, 2.05) is 0 Å². The van der Waals surface area contributed by atoms with Crippen LogP contribution in [0.5, 0.6) is 0 Å². The first-order valence-corrected chi connectivity index (χ1v) is 3.88. The van der Waals surface area contributed by atoms with Gasteiger partial charge in [-0.05, 0) is 12.1 Å². The van der Waals surface area contributed by atoms with Gasteiger partial charge in [-0.15, -0.1) is 5.46 Å². The third-order valence-corrected chi connectivity index (χ3v) is 1.79. The molecule has 1 aromatic rings. The number of anilines is 1. The van der Waals surface area contributed by atoms with Crippen LogP contribution >= 0.6 is 0 Å². The van der Waals surface area contributed by atoms with Crippen LogP contribution in [0.15, 0.2) is 24.3 Å². The molecule has 1 aromatic carbocycles. The van der Waals surface area contributed by atoms with Crippen molar-refractivity contribution < 1.29 is 12.9 Å². The van der Waals surface area contributed by atoms with Crippen LogP contribution in [-0.4, -0.2) is 21.1 Å². The highest BCUT2D eigenvalue weighted by atomic mass is 19.4. The molecular weight excluding hydrogens is 178 g/mol. The van der Waals surface area contributed by atoms with Crippen LogP contribution in [0.1, 0.15) is 0 Å². The Labute approximate surface area is 75.2 Å². The van der Waals surface area contributed by atoms with E-state index >= 15 is 0 Å². The van der Waals surface area contributed by atoms with Crippen molar-refractivity contribution in [3.8, 4) is 0 Å². The molecule has 0 saturated heterocycles. The summed E-state index contributed by atoms with van der Waals surface area (Å²) < 4.78 is 36.5. The largest absolute Gasteiger partial charge is 0.509 e. The Morgan fingerprint density at radius 2 is 1.46 bits per heavy atom. The Morgan fingerprint density at radius 3 is 1.77 bits per heavy atom. The molecule has 0 unspecified atom stereocenters. The SMILES string of the molecule is CN(C)c1ccc([B-](F)(F)F)cc1. The third kappa shape index (κ3) is 2.40. The van der Waals surface area contributed by atoms with Gasteiger partial charge in [-0.3, -0.25) is 0 Å². The maximum absolute atomic E-state index is 12.2. The zero-order valence-corrected chi connectivity index (χ0v) is 7.47. The van der Waals surface area contributed by atoms with Gasteiger partial charge in [0.05, 0.1) is 0 Å². The van der Waals surface area contributed by atoms with Crippen molar-refractivity contribution in [2.24, 2.45) is 0 Å². The van der Waals surface area contributed by atoms with Gasteiger partial charge in [0, 0.05) is 19.8 Å². The average Bonchev–Trinajstić information content (AvgIpc) is 2.03. The summed E-state index contributed by atoms with van der Waals surface area (Å²) in [6, 6.07) is 5.14. The molecule has 72 valence electrons. The molecule has 0 heterocycles. The van der Waals surface area contributed by atoms with E-state index in [1.54, 1.807) is 19.0 Å². The number of hydrogen-bond acceptors (Lipinski definition) is 1. The van der Waals surface area contributed by atoms with E-state index in [2.05, 4.69) is 0 Å². The zero-order chi connectivity index (χ0) is 10.1. The third-order valence-electron chi connectivity index (χ3n) is 1.79. The normalized spacial score (nSPS) is 11.5. The minimum Gasteiger partial charge on any atom is -0.445 e. The highest BCUT2D eigenvalue weighted by Gasteiger charge is 2.24. The smallest absolute Gasteiger partial charge is 0.445 e. The van der Waals surface area contributed by atoms with Crippen molar-refractivity contribution in [1.82, 2.24) is 0 Å². The first kappa shape index (κ1) is 9.96. The van der Waals surface area contributed by atoms with Crippen LogP contribution in [0.4, 0.5) is 18.6 Å². The minimum atomic E-state index is -4.86. The van der Waals surface area contributed by atoms with Gasteiger partial charge in [-0.25, -0.2) is 0 Å². The fourth-order valence-electron chi connectivity index (χ4n) is 0.991. The molecule has 1 nitrogen and oxygen atoms in total. The molecule has 0 aliphatic heterocycles. The molecule has 0 N–H and O–H groups in total. The number of halogens is 3. The number of hydrogen-bond donors (Lipinski definition) is 0. The summed E-state index contributed by atoms with van der Waals surface area (Å²) >= 11 is 0. The monoisotopic (exact) mass is 188 g/mol. The minimum absolute atomic E-state index is 0.550. The van der Waals surface area contributed by atoms with Crippen molar-refractivity contribution in [2.75, 3.05) is 19.0 Å². The summed E-state index contributed by atoms with van der Waals surface area (Å²) in [7, 11) is 3.57. The number of benzene rings is 1. The molecule has 0 aliphatic carbocycles. The van der Waals surface area contributed by atoms with Gasteiger partial charge in [0.1, 0.15) is 0 Å². The Kier molecular flexibility index (Phi) is 2.54. The Balaban J connectivity index is 2.94. The van der Waals surface area contributed by atoms with Crippen molar-refractivity contribution in [3.05, 3.63) is 24.3 Å². The molecule has 0 aromatic heterocycles. The first-order chi connectivity index (χ1) is 5.91. The summed E-state index contributed by atoms with van der Waals surface area (Å²) in [6.07, 6.45) is 0. The van der Waals surface area contributed by atoms with Crippen molar-refractivity contribution >= 4 is 18.1 Å². The molecule has 1 rings (SSSR count). The highest BCUT2D eigenvalue weighted by Crippen LogP contribution is 2.13. The van der Waals surface area contributed by atoms with Crippen LogP contribution in [0.2, 0.25) is 0 Å². The molecule has 0 atom stereocenters. The second-order valence-corrected chi connectivity index (χ2v) is 3.06. The fourth-order valence-corrected chi connectivity index (χ4v) is 0.991. The van der Waals surface area contributed by atoms with Crippen molar-refractivity contribution in [3.63, 3.8) is 0 Å².